The minimum absolute atomic E-state index is 0.551. The molecule has 1 aliphatic heterocycles. The van der Waals surface area contributed by atoms with Crippen molar-refractivity contribution in [3.8, 4) is 0 Å². The molecule has 1 heterocycles. The number of nitrogens with two attached hydrogens (primary N) is 1. The maximum atomic E-state index is 5.57. The molecule has 0 amide bonds. The van der Waals surface area contributed by atoms with Gasteiger partial charge < -0.3 is 10.5 Å². The van der Waals surface area contributed by atoms with Gasteiger partial charge in [0, 0.05) is 5.41 Å². The zero-order valence-corrected chi connectivity index (χ0v) is 8.43. The molecule has 0 aromatic heterocycles. The number of rotatable bonds is 4. The Morgan fingerprint density at radius 1 is 1.23 bits per heavy atom. The van der Waals surface area contributed by atoms with Crippen LogP contribution in [0.1, 0.15) is 38.5 Å². The van der Waals surface area contributed by atoms with Gasteiger partial charge in [-0.05, 0) is 38.1 Å². The van der Waals surface area contributed by atoms with E-state index < -0.39 is 0 Å². The Morgan fingerprint density at radius 3 is 2.38 bits per heavy atom. The van der Waals surface area contributed by atoms with Crippen molar-refractivity contribution < 1.29 is 4.74 Å². The van der Waals surface area contributed by atoms with Gasteiger partial charge in [-0.3, -0.25) is 0 Å². The fourth-order valence-electron chi connectivity index (χ4n) is 2.94. The van der Waals surface area contributed by atoms with Gasteiger partial charge in [0.05, 0.1) is 13.2 Å². The molecule has 0 spiro atoms. The van der Waals surface area contributed by atoms with Crippen LogP contribution in [0.5, 0.6) is 0 Å². The summed E-state index contributed by atoms with van der Waals surface area (Å²) in [6, 6.07) is 0. The van der Waals surface area contributed by atoms with Crippen LogP contribution in [0, 0.1) is 11.3 Å². The molecule has 0 unspecified atom stereocenters. The van der Waals surface area contributed by atoms with Gasteiger partial charge in [0.1, 0.15) is 0 Å². The Morgan fingerprint density at radius 2 is 1.92 bits per heavy atom. The molecule has 0 bridgehead atoms. The second-order valence-electron chi connectivity index (χ2n) is 4.73. The van der Waals surface area contributed by atoms with Crippen LogP contribution in [0.3, 0.4) is 0 Å². The first-order chi connectivity index (χ1) is 6.37. The Balaban J connectivity index is 1.89. The molecule has 0 atom stereocenters. The molecule has 2 aliphatic rings. The van der Waals surface area contributed by atoms with E-state index in [0.717, 1.165) is 25.7 Å². The molecular weight excluding hydrogens is 162 g/mol. The third-order valence-electron chi connectivity index (χ3n) is 3.88. The van der Waals surface area contributed by atoms with E-state index in [9.17, 15) is 0 Å². The molecule has 0 aromatic carbocycles. The van der Waals surface area contributed by atoms with Crippen LogP contribution in [0.25, 0.3) is 0 Å². The van der Waals surface area contributed by atoms with Crippen LogP contribution < -0.4 is 5.73 Å². The predicted octanol–water partition coefficient (Wildman–Crippen LogP) is 1.93. The van der Waals surface area contributed by atoms with E-state index in [0.29, 0.717) is 5.41 Å². The average Bonchev–Trinajstić information content (AvgIpc) is 2.56. The minimum Gasteiger partial charge on any atom is -0.380 e. The lowest BCUT2D eigenvalue weighted by Gasteiger charge is -2.46. The van der Waals surface area contributed by atoms with Gasteiger partial charge in [0.15, 0.2) is 0 Å². The molecule has 2 heteroatoms. The Hall–Kier alpha value is -0.0800. The van der Waals surface area contributed by atoms with Crippen molar-refractivity contribution in [2.75, 3.05) is 19.8 Å². The van der Waals surface area contributed by atoms with Crippen molar-refractivity contribution in [3.63, 3.8) is 0 Å². The second-order valence-corrected chi connectivity index (χ2v) is 4.73. The summed E-state index contributed by atoms with van der Waals surface area (Å²) in [5, 5.41) is 0. The van der Waals surface area contributed by atoms with Crippen molar-refractivity contribution in [2.45, 2.75) is 38.5 Å². The van der Waals surface area contributed by atoms with Crippen molar-refractivity contribution in [2.24, 2.45) is 17.1 Å². The molecule has 1 saturated heterocycles. The zero-order chi connectivity index (χ0) is 9.15. The molecule has 2 rings (SSSR count). The van der Waals surface area contributed by atoms with Crippen LogP contribution in [0.15, 0.2) is 0 Å². The molecule has 2 fully saturated rings. The van der Waals surface area contributed by atoms with Crippen LogP contribution >= 0.6 is 0 Å². The summed E-state index contributed by atoms with van der Waals surface area (Å²) in [6.07, 6.45) is 8.24. The quantitative estimate of drug-likeness (QED) is 0.723. The lowest BCUT2D eigenvalue weighted by Crippen LogP contribution is -2.47. The van der Waals surface area contributed by atoms with Gasteiger partial charge in [0.2, 0.25) is 0 Å². The highest BCUT2D eigenvalue weighted by atomic mass is 16.5. The first kappa shape index (κ1) is 9.47. The third-order valence-corrected chi connectivity index (χ3v) is 3.88. The van der Waals surface area contributed by atoms with Gasteiger partial charge in [-0.15, -0.1) is 0 Å². The van der Waals surface area contributed by atoms with Crippen molar-refractivity contribution in [1.82, 2.24) is 0 Å². The molecule has 0 aromatic rings. The monoisotopic (exact) mass is 183 g/mol. The van der Waals surface area contributed by atoms with E-state index >= 15 is 0 Å². The molecule has 0 radical (unpaired) electrons. The summed E-state index contributed by atoms with van der Waals surface area (Å²) in [5.41, 5.74) is 6.12. The number of hydrogen-bond acceptors (Lipinski definition) is 2. The molecule has 1 saturated carbocycles. The summed E-state index contributed by atoms with van der Waals surface area (Å²) >= 11 is 0. The molecule has 2 N–H and O–H groups in total. The Kier molecular flexibility index (Phi) is 2.89. The molecule has 2 nitrogen and oxygen atoms in total. The summed E-state index contributed by atoms with van der Waals surface area (Å²) < 4.78 is 5.41. The smallest absolute Gasteiger partial charge is 0.0547 e. The summed E-state index contributed by atoms with van der Waals surface area (Å²) in [4.78, 5) is 0. The standard InChI is InChI=1S/C11H21NO/c12-7-3-6-11(8-13-9-11)10-4-1-2-5-10/h10H,1-9,12H2. The largest absolute Gasteiger partial charge is 0.380 e. The SMILES string of the molecule is NCCCC1(C2CCCC2)COC1. The fraction of sp³-hybridized carbons (Fsp3) is 1.00. The molecule has 1 aliphatic carbocycles. The molecule has 76 valence electrons. The average molecular weight is 183 g/mol. The Bertz CT molecular complexity index is 159. The summed E-state index contributed by atoms with van der Waals surface area (Å²) in [5.74, 6) is 0.952. The normalized spacial score (nSPS) is 27.5. The topological polar surface area (TPSA) is 35.2 Å². The first-order valence-corrected chi connectivity index (χ1v) is 5.65. The van der Waals surface area contributed by atoms with E-state index in [1.54, 1.807) is 0 Å². The number of ether oxygens (including phenoxy) is 1. The zero-order valence-electron chi connectivity index (χ0n) is 8.43. The van der Waals surface area contributed by atoms with Gasteiger partial charge in [-0.25, -0.2) is 0 Å². The molecule has 13 heavy (non-hydrogen) atoms. The summed E-state index contributed by atoms with van der Waals surface area (Å²) in [7, 11) is 0. The van der Waals surface area contributed by atoms with Gasteiger partial charge in [-0.1, -0.05) is 12.8 Å². The van der Waals surface area contributed by atoms with Crippen LogP contribution in [0.4, 0.5) is 0 Å². The van der Waals surface area contributed by atoms with Crippen LogP contribution in [-0.2, 0) is 4.74 Å². The van der Waals surface area contributed by atoms with E-state index in [1.807, 2.05) is 0 Å². The number of hydrogen-bond donors (Lipinski definition) is 1. The lowest BCUT2D eigenvalue weighted by molar-refractivity contribution is -0.149. The second kappa shape index (κ2) is 3.97. The van der Waals surface area contributed by atoms with Crippen LogP contribution in [0.2, 0.25) is 0 Å². The summed E-state index contributed by atoms with van der Waals surface area (Å²) in [6.45, 7) is 2.86. The van der Waals surface area contributed by atoms with E-state index in [2.05, 4.69) is 0 Å². The third kappa shape index (κ3) is 1.75. The Labute approximate surface area is 80.8 Å². The van der Waals surface area contributed by atoms with E-state index in [1.165, 1.54) is 38.5 Å². The van der Waals surface area contributed by atoms with Gasteiger partial charge in [0.25, 0.3) is 0 Å². The van der Waals surface area contributed by atoms with Crippen molar-refractivity contribution in [1.29, 1.82) is 0 Å². The highest BCUT2D eigenvalue weighted by Crippen LogP contribution is 2.47. The van der Waals surface area contributed by atoms with Gasteiger partial charge >= 0.3 is 0 Å². The predicted molar refractivity (Wildman–Crippen MR) is 53.5 cm³/mol. The first-order valence-electron chi connectivity index (χ1n) is 5.65. The fourth-order valence-corrected chi connectivity index (χ4v) is 2.94. The highest BCUT2D eigenvalue weighted by molar-refractivity contribution is 4.93. The lowest BCUT2D eigenvalue weighted by atomic mass is 9.69. The van der Waals surface area contributed by atoms with Crippen molar-refractivity contribution in [3.05, 3.63) is 0 Å². The maximum absolute atomic E-state index is 5.57. The van der Waals surface area contributed by atoms with Gasteiger partial charge in [-0.2, -0.15) is 0 Å². The van der Waals surface area contributed by atoms with Crippen molar-refractivity contribution >= 4 is 0 Å². The highest BCUT2D eigenvalue weighted by Gasteiger charge is 2.45. The van der Waals surface area contributed by atoms with E-state index in [-0.39, 0.29) is 0 Å². The van der Waals surface area contributed by atoms with E-state index in [4.69, 9.17) is 10.5 Å². The van der Waals surface area contributed by atoms with Crippen LogP contribution in [-0.4, -0.2) is 19.8 Å². The molecular formula is C11H21NO. The maximum Gasteiger partial charge on any atom is 0.0547 e. The minimum atomic E-state index is 0.551.